The van der Waals surface area contributed by atoms with Gasteiger partial charge in [0.2, 0.25) is 0 Å². The van der Waals surface area contributed by atoms with Crippen molar-refractivity contribution in [2.75, 3.05) is 0 Å². The van der Waals surface area contributed by atoms with Crippen LogP contribution in [0, 0.1) is 0 Å². The molecule has 7 heteroatoms. The predicted octanol–water partition coefficient (Wildman–Crippen LogP) is 5.02. The van der Waals surface area contributed by atoms with E-state index in [2.05, 4.69) is 0 Å². The predicted molar refractivity (Wildman–Crippen MR) is 125 cm³/mol. The summed E-state index contributed by atoms with van der Waals surface area (Å²) in [5.74, 6) is -1.48. The van der Waals surface area contributed by atoms with Crippen molar-refractivity contribution < 1.29 is 34.1 Å². The summed E-state index contributed by atoms with van der Waals surface area (Å²) in [6.07, 6.45) is 6.53. The van der Waals surface area contributed by atoms with Crippen LogP contribution >= 0.6 is 0 Å². The highest BCUT2D eigenvalue weighted by molar-refractivity contribution is 5.98. The normalized spacial score (nSPS) is 21.6. The standard InChI is InChI=1S/C27H28O7/c1-16-6-5-9-19(28)8-4-2-3-7-18-14-22-25(26(31)24(18)27(32)33-16)21(15-23(30)34-22)17-10-12-20(29)13-11-17/h3,7,10-14,16,21,29,31H,2,4-6,8-9,15H2,1H3/t16-,21?/m0/s1. The van der Waals surface area contributed by atoms with Crippen LogP contribution in [0.2, 0.25) is 0 Å². The number of Topliss-reactive ketones (excluding diaryl/α,β-unsaturated/α-hetero) is 1. The summed E-state index contributed by atoms with van der Waals surface area (Å²) >= 11 is 0. The van der Waals surface area contributed by atoms with Crippen molar-refractivity contribution in [1.29, 1.82) is 0 Å². The molecule has 0 saturated heterocycles. The average Bonchev–Trinajstić information content (AvgIpc) is 2.78. The first kappa shape index (κ1) is 23.5. The number of ether oxygens (including phenoxy) is 2. The smallest absolute Gasteiger partial charge is 0.342 e. The Balaban J connectivity index is 1.81. The molecule has 2 aromatic carbocycles. The second-order valence-electron chi connectivity index (χ2n) is 8.86. The zero-order valence-corrected chi connectivity index (χ0v) is 19.1. The Morgan fingerprint density at radius 2 is 1.74 bits per heavy atom. The van der Waals surface area contributed by atoms with Crippen LogP contribution in [-0.4, -0.2) is 34.0 Å². The third kappa shape index (κ3) is 5.14. The molecule has 0 bridgehead atoms. The highest BCUT2D eigenvalue weighted by atomic mass is 16.5. The Labute approximate surface area is 198 Å². The van der Waals surface area contributed by atoms with E-state index in [1.54, 1.807) is 31.2 Å². The molecule has 2 aliphatic rings. The third-order valence-corrected chi connectivity index (χ3v) is 6.27. The monoisotopic (exact) mass is 464 g/mol. The first-order valence-electron chi connectivity index (χ1n) is 11.6. The van der Waals surface area contributed by atoms with Gasteiger partial charge in [0.05, 0.1) is 12.5 Å². The zero-order valence-electron chi connectivity index (χ0n) is 19.1. The van der Waals surface area contributed by atoms with Crippen LogP contribution in [0.15, 0.2) is 36.4 Å². The van der Waals surface area contributed by atoms with Gasteiger partial charge in [0.1, 0.15) is 28.6 Å². The summed E-state index contributed by atoms with van der Waals surface area (Å²) in [4.78, 5) is 37.6. The van der Waals surface area contributed by atoms with Crippen LogP contribution in [0.25, 0.3) is 6.08 Å². The summed E-state index contributed by atoms with van der Waals surface area (Å²) in [5, 5.41) is 21.0. The van der Waals surface area contributed by atoms with Gasteiger partial charge in [-0.05, 0) is 61.9 Å². The Morgan fingerprint density at radius 3 is 2.50 bits per heavy atom. The summed E-state index contributed by atoms with van der Waals surface area (Å²) in [6, 6.07) is 7.95. The number of allylic oxidation sites excluding steroid dienone is 1. The number of benzene rings is 2. The fourth-order valence-corrected chi connectivity index (χ4v) is 4.51. The van der Waals surface area contributed by atoms with Gasteiger partial charge in [0.15, 0.2) is 0 Å². The lowest BCUT2D eigenvalue weighted by atomic mass is 9.83. The van der Waals surface area contributed by atoms with Crippen molar-refractivity contribution in [3.8, 4) is 17.2 Å². The van der Waals surface area contributed by atoms with Crippen molar-refractivity contribution >= 4 is 23.8 Å². The van der Waals surface area contributed by atoms with Gasteiger partial charge in [-0.25, -0.2) is 4.79 Å². The van der Waals surface area contributed by atoms with Gasteiger partial charge >= 0.3 is 11.9 Å². The molecule has 2 aliphatic heterocycles. The maximum Gasteiger partial charge on any atom is 0.342 e. The Bertz CT molecular complexity index is 1130. The number of hydrogen-bond donors (Lipinski definition) is 2. The minimum Gasteiger partial charge on any atom is -0.508 e. The van der Waals surface area contributed by atoms with E-state index in [4.69, 9.17) is 9.47 Å². The number of hydrogen-bond acceptors (Lipinski definition) is 7. The van der Waals surface area contributed by atoms with Crippen LogP contribution in [0.5, 0.6) is 17.2 Å². The van der Waals surface area contributed by atoms with E-state index in [9.17, 15) is 24.6 Å². The van der Waals surface area contributed by atoms with E-state index in [1.807, 2.05) is 6.08 Å². The van der Waals surface area contributed by atoms with Crippen LogP contribution in [0.1, 0.15) is 84.8 Å². The minimum absolute atomic E-state index is 0.0144. The molecule has 0 fully saturated rings. The highest BCUT2D eigenvalue weighted by Crippen LogP contribution is 2.47. The second kappa shape index (κ2) is 10.1. The number of cyclic esters (lactones) is 1. The van der Waals surface area contributed by atoms with Gasteiger partial charge in [-0.15, -0.1) is 0 Å². The molecular weight excluding hydrogens is 436 g/mol. The maximum absolute atomic E-state index is 13.2. The van der Waals surface area contributed by atoms with Crippen molar-refractivity contribution in [1.82, 2.24) is 0 Å². The lowest BCUT2D eigenvalue weighted by molar-refractivity contribution is -0.135. The average molecular weight is 465 g/mol. The van der Waals surface area contributed by atoms with Crippen molar-refractivity contribution in [2.24, 2.45) is 0 Å². The first-order valence-corrected chi connectivity index (χ1v) is 11.6. The van der Waals surface area contributed by atoms with E-state index < -0.39 is 24.0 Å². The molecule has 1 unspecified atom stereocenters. The molecule has 2 aromatic rings. The maximum atomic E-state index is 13.2. The molecule has 178 valence electrons. The Hall–Kier alpha value is -3.61. The largest absolute Gasteiger partial charge is 0.508 e. The molecule has 2 atom stereocenters. The number of phenols is 2. The SMILES string of the molecule is C[C@H]1CCCC(=O)CCCC=Cc2cc3c(c(O)c2C(=O)O1)C(c1ccc(O)cc1)CC(=O)O3. The van der Waals surface area contributed by atoms with Crippen LogP contribution < -0.4 is 4.74 Å². The van der Waals surface area contributed by atoms with Crippen molar-refractivity contribution in [2.45, 2.75) is 63.9 Å². The fourth-order valence-electron chi connectivity index (χ4n) is 4.51. The number of carbonyl (C=O) groups is 3. The van der Waals surface area contributed by atoms with Crippen LogP contribution in [0.4, 0.5) is 0 Å². The van der Waals surface area contributed by atoms with Crippen molar-refractivity contribution in [3.05, 3.63) is 58.7 Å². The summed E-state index contributed by atoms with van der Waals surface area (Å²) < 4.78 is 11.1. The van der Waals surface area contributed by atoms with Gasteiger partial charge in [0, 0.05) is 24.3 Å². The van der Waals surface area contributed by atoms with Gasteiger partial charge in [0.25, 0.3) is 0 Å². The van der Waals surface area contributed by atoms with E-state index in [0.29, 0.717) is 55.2 Å². The summed E-state index contributed by atoms with van der Waals surface area (Å²) in [7, 11) is 0. The van der Waals surface area contributed by atoms with Gasteiger partial charge < -0.3 is 19.7 Å². The number of phenolic OH excluding ortho intramolecular Hbond substituents is 2. The molecule has 0 spiro atoms. The van der Waals surface area contributed by atoms with E-state index in [-0.39, 0.29) is 35.0 Å². The fraction of sp³-hybridized carbons (Fsp3) is 0.370. The van der Waals surface area contributed by atoms with E-state index in [0.717, 1.165) is 0 Å². The van der Waals surface area contributed by atoms with Crippen LogP contribution in [0.3, 0.4) is 0 Å². The summed E-state index contributed by atoms with van der Waals surface area (Å²) in [6.45, 7) is 1.76. The van der Waals surface area contributed by atoms with Gasteiger partial charge in [-0.1, -0.05) is 24.3 Å². The van der Waals surface area contributed by atoms with Gasteiger partial charge in [-0.2, -0.15) is 0 Å². The molecule has 0 saturated carbocycles. The quantitative estimate of drug-likeness (QED) is 0.450. The first-order chi connectivity index (χ1) is 16.3. The molecule has 0 aliphatic carbocycles. The Morgan fingerprint density at radius 1 is 1.00 bits per heavy atom. The summed E-state index contributed by atoms with van der Waals surface area (Å²) in [5.41, 5.74) is 1.45. The van der Waals surface area contributed by atoms with Gasteiger partial charge in [-0.3, -0.25) is 9.59 Å². The number of esters is 2. The lowest BCUT2D eigenvalue weighted by Gasteiger charge is -2.27. The molecular formula is C27H28O7. The molecule has 2 N–H and O–H groups in total. The molecule has 4 rings (SSSR count). The van der Waals surface area contributed by atoms with Crippen molar-refractivity contribution in [3.63, 3.8) is 0 Å². The molecule has 2 heterocycles. The topological polar surface area (TPSA) is 110 Å². The zero-order chi connectivity index (χ0) is 24.2. The molecule has 7 nitrogen and oxygen atoms in total. The Kier molecular flexibility index (Phi) is 7.01. The highest BCUT2D eigenvalue weighted by Gasteiger charge is 2.35. The second-order valence-corrected chi connectivity index (χ2v) is 8.86. The molecule has 0 amide bonds. The lowest BCUT2D eigenvalue weighted by Crippen LogP contribution is -2.23. The molecule has 0 radical (unpaired) electrons. The van der Waals surface area contributed by atoms with E-state index >= 15 is 0 Å². The number of rotatable bonds is 1. The molecule has 34 heavy (non-hydrogen) atoms. The van der Waals surface area contributed by atoms with Crippen LogP contribution in [-0.2, 0) is 14.3 Å². The number of fused-ring (bicyclic) bond motifs is 2. The minimum atomic E-state index is -0.669. The number of ketones is 1. The third-order valence-electron chi connectivity index (χ3n) is 6.27. The molecule has 0 aromatic heterocycles. The number of aromatic hydroxyl groups is 2. The van der Waals surface area contributed by atoms with E-state index in [1.165, 1.54) is 12.1 Å². The number of carbonyl (C=O) groups excluding carboxylic acids is 3.